The fraction of sp³-hybridized carbons (Fsp3) is 0.318. The molecule has 170 valence electrons. The Labute approximate surface area is 182 Å². The molecule has 1 atom stereocenters. The van der Waals surface area contributed by atoms with Crippen LogP contribution >= 0.6 is 0 Å². The second-order valence-electron chi connectivity index (χ2n) is 7.36. The van der Waals surface area contributed by atoms with E-state index in [1.807, 2.05) is 0 Å². The van der Waals surface area contributed by atoms with Gasteiger partial charge < -0.3 is 15.4 Å². The number of carbonyl (C=O) groups is 3. The first-order chi connectivity index (χ1) is 15.0. The number of halogens is 3. The zero-order chi connectivity index (χ0) is 23.7. The maximum absolute atomic E-state index is 13.2. The minimum atomic E-state index is -4.67. The van der Waals surface area contributed by atoms with E-state index >= 15 is 0 Å². The highest BCUT2D eigenvalue weighted by atomic mass is 19.4. The Kier molecular flexibility index (Phi) is 6.16. The molecule has 2 aromatic carbocycles. The average molecular weight is 449 g/mol. The van der Waals surface area contributed by atoms with Gasteiger partial charge in [-0.3, -0.25) is 14.5 Å². The molecule has 32 heavy (non-hydrogen) atoms. The quantitative estimate of drug-likeness (QED) is 0.657. The highest BCUT2D eigenvalue weighted by Crippen LogP contribution is 2.36. The van der Waals surface area contributed by atoms with Crippen LogP contribution in [0.2, 0.25) is 0 Å². The molecular weight excluding hydrogens is 427 g/mol. The number of imide groups is 1. The lowest BCUT2D eigenvalue weighted by Crippen LogP contribution is -2.44. The molecule has 0 aromatic heterocycles. The number of rotatable bonds is 6. The van der Waals surface area contributed by atoms with Crippen molar-refractivity contribution in [3.8, 4) is 5.75 Å². The Balaban J connectivity index is 1.83. The Hall–Kier alpha value is -3.56. The van der Waals surface area contributed by atoms with E-state index in [9.17, 15) is 27.6 Å². The number of ether oxygens (including phenoxy) is 1. The third-order valence-corrected chi connectivity index (χ3v) is 5.40. The molecule has 0 spiro atoms. The molecule has 1 aliphatic rings. The van der Waals surface area contributed by atoms with Gasteiger partial charge in [-0.1, -0.05) is 25.1 Å². The van der Waals surface area contributed by atoms with Crippen molar-refractivity contribution in [2.24, 2.45) is 0 Å². The number of hydrogen-bond donors (Lipinski definition) is 2. The predicted octanol–water partition coefficient (Wildman–Crippen LogP) is 3.82. The van der Waals surface area contributed by atoms with Gasteiger partial charge in [-0.2, -0.15) is 13.2 Å². The number of urea groups is 1. The van der Waals surface area contributed by atoms with Gasteiger partial charge in [0.05, 0.1) is 18.4 Å². The molecule has 2 aromatic rings. The number of aryl methyl sites for hydroxylation is 1. The van der Waals surface area contributed by atoms with E-state index in [1.54, 1.807) is 32.0 Å². The molecular formula is C22H22F3N3O4. The van der Waals surface area contributed by atoms with Crippen molar-refractivity contribution in [2.75, 3.05) is 19.0 Å². The monoisotopic (exact) mass is 449 g/mol. The second kappa shape index (κ2) is 8.52. The molecule has 7 nitrogen and oxygen atoms in total. The Morgan fingerprint density at radius 1 is 1.19 bits per heavy atom. The number of carbonyl (C=O) groups excluding carboxylic acids is 3. The predicted molar refractivity (Wildman–Crippen MR) is 110 cm³/mol. The van der Waals surface area contributed by atoms with Crippen LogP contribution in [0.5, 0.6) is 5.75 Å². The number of anilines is 1. The summed E-state index contributed by atoms with van der Waals surface area (Å²) in [6.07, 6.45) is -4.47. The molecule has 0 bridgehead atoms. The number of para-hydroxylation sites is 1. The maximum Gasteiger partial charge on any atom is 0.418 e. The fourth-order valence-corrected chi connectivity index (χ4v) is 3.73. The first-order valence-electron chi connectivity index (χ1n) is 9.78. The SMILES string of the molecule is CCC1(c2ccc(OC)c(C)c2)NC(=O)N(CC(=O)Nc2ccccc2C(F)(F)F)C1=O. The Morgan fingerprint density at radius 2 is 1.88 bits per heavy atom. The second-order valence-corrected chi connectivity index (χ2v) is 7.36. The standard InChI is InChI=1S/C22H22F3N3O4/c1-4-21(14-9-10-17(32-3)13(2)11-14)19(30)28(20(31)27-21)12-18(29)26-16-8-6-5-7-15(16)22(23,24)25/h5-11H,4,12H2,1-3H3,(H,26,29)(H,27,31). The fourth-order valence-electron chi connectivity index (χ4n) is 3.73. The number of alkyl halides is 3. The van der Waals surface area contributed by atoms with Crippen LogP contribution in [-0.2, 0) is 21.3 Å². The van der Waals surface area contributed by atoms with Crippen LogP contribution in [0.4, 0.5) is 23.7 Å². The summed E-state index contributed by atoms with van der Waals surface area (Å²) in [5, 5.41) is 4.78. The maximum atomic E-state index is 13.2. The third kappa shape index (κ3) is 4.12. The van der Waals surface area contributed by atoms with Crippen LogP contribution in [0.3, 0.4) is 0 Å². The number of nitrogens with one attached hydrogen (secondary N) is 2. The summed E-state index contributed by atoms with van der Waals surface area (Å²) < 4.78 is 44.7. The van der Waals surface area contributed by atoms with E-state index in [2.05, 4.69) is 10.6 Å². The van der Waals surface area contributed by atoms with Crippen LogP contribution < -0.4 is 15.4 Å². The molecule has 1 fully saturated rings. The Morgan fingerprint density at radius 3 is 2.47 bits per heavy atom. The smallest absolute Gasteiger partial charge is 0.418 e. The lowest BCUT2D eigenvalue weighted by Gasteiger charge is -2.26. The van der Waals surface area contributed by atoms with Gasteiger partial charge >= 0.3 is 12.2 Å². The molecule has 1 aliphatic heterocycles. The van der Waals surface area contributed by atoms with Gasteiger partial charge in [-0.15, -0.1) is 0 Å². The zero-order valence-electron chi connectivity index (χ0n) is 17.7. The number of methoxy groups -OCH3 is 1. The molecule has 3 rings (SSSR count). The van der Waals surface area contributed by atoms with E-state index in [1.165, 1.54) is 19.2 Å². The number of hydrogen-bond acceptors (Lipinski definition) is 4. The summed E-state index contributed by atoms with van der Waals surface area (Å²) in [5.41, 5.74) is -1.60. The van der Waals surface area contributed by atoms with Crippen molar-refractivity contribution in [1.82, 2.24) is 10.2 Å². The number of nitrogens with zero attached hydrogens (tertiary/aromatic N) is 1. The lowest BCUT2D eigenvalue weighted by molar-refractivity contribution is -0.137. The van der Waals surface area contributed by atoms with E-state index in [0.717, 1.165) is 17.7 Å². The van der Waals surface area contributed by atoms with Crippen molar-refractivity contribution in [2.45, 2.75) is 32.0 Å². The summed E-state index contributed by atoms with van der Waals surface area (Å²) in [5.74, 6) is -0.979. The van der Waals surface area contributed by atoms with E-state index in [0.29, 0.717) is 16.2 Å². The minimum Gasteiger partial charge on any atom is -0.496 e. The number of benzene rings is 2. The average Bonchev–Trinajstić information content (AvgIpc) is 2.98. The molecule has 2 N–H and O–H groups in total. The van der Waals surface area contributed by atoms with E-state index in [4.69, 9.17) is 4.74 Å². The lowest BCUT2D eigenvalue weighted by atomic mass is 9.86. The summed E-state index contributed by atoms with van der Waals surface area (Å²) >= 11 is 0. The molecule has 0 aliphatic carbocycles. The summed E-state index contributed by atoms with van der Waals surface area (Å²) in [4.78, 5) is 38.9. The van der Waals surface area contributed by atoms with Gasteiger partial charge in [0.25, 0.3) is 5.91 Å². The van der Waals surface area contributed by atoms with Gasteiger partial charge in [0.2, 0.25) is 5.91 Å². The Bertz CT molecular complexity index is 1070. The largest absolute Gasteiger partial charge is 0.496 e. The highest BCUT2D eigenvalue weighted by molar-refractivity contribution is 6.10. The first-order valence-corrected chi connectivity index (χ1v) is 9.78. The summed E-state index contributed by atoms with van der Waals surface area (Å²) in [6, 6.07) is 8.70. The normalized spacial score (nSPS) is 18.5. The molecule has 1 saturated heterocycles. The zero-order valence-corrected chi connectivity index (χ0v) is 17.7. The minimum absolute atomic E-state index is 0.207. The summed E-state index contributed by atoms with van der Waals surface area (Å²) in [6.45, 7) is 2.77. The highest BCUT2D eigenvalue weighted by Gasteiger charge is 2.51. The van der Waals surface area contributed by atoms with Crippen molar-refractivity contribution < 1.29 is 32.3 Å². The van der Waals surface area contributed by atoms with Crippen LogP contribution in [-0.4, -0.2) is 36.4 Å². The van der Waals surface area contributed by atoms with Crippen molar-refractivity contribution in [3.05, 3.63) is 59.2 Å². The molecule has 1 unspecified atom stereocenters. The van der Waals surface area contributed by atoms with Crippen molar-refractivity contribution >= 4 is 23.5 Å². The van der Waals surface area contributed by atoms with Crippen molar-refractivity contribution in [3.63, 3.8) is 0 Å². The molecule has 1 heterocycles. The van der Waals surface area contributed by atoms with Gasteiger partial charge in [-0.25, -0.2) is 4.79 Å². The summed E-state index contributed by atoms with van der Waals surface area (Å²) in [7, 11) is 1.51. The van der Waals surface area contributed by atoms with Gasteiger partial charge in [-0.05, 0) is 48.7 Å². The molecule has 4 amide bonds. The van der Waals surface area contributed by atoms with Gasteiger partial charge in [0.15, 0.2) is 0 Å². The van der Waals surface area contributed by atoms with E-state index in [-0.39, 0.29) is 6.42 Å². The molecule has 10 heteroatoms. The van der Waals surface area contributed by atoms with E-state index < -0.39 is 47.4 Å². The van der Waals surface area contributed by atoms with Crippen LogP contribution in [0.25, 0.3) is 0 Å². The van der Waals surface area contributed by atoms with Crippen LogP contribution in [0.15, 0.2) is 42.5 Å². The molecule has 0 radical (unpaired) electrons. The van der Waals surface area contributed by atoms with Gasteiger partial charge in [0.1, 0.15) is 17.8 Å². The third-order valence-electron chi connectivity index (χ3n) is 5.40. The van der Waals surface area contributed by atoms with Crippen LogP contribution in [0, 0.1) is 6.92 Å². The topological polar surface area (TPSA) is 87.7 Å². The van der Waals surface area contributed by atoms with Gasteiger partial charge in [0, 0.05) is 0 Å². The number of amides is 4. The molecule has 0 saturated carbocycles. The first kappa shape index (κ1) is 23.1. The van der Waals surface area contributed by atoms with Crippen molar-refractivity contribution in [1.29, 1.82) is 0 Å². The van der Waals surface area contributed by atoms with Crippen LogP contribution in [0.1, 0.15) is 30.0 Å².